The van der Waals surface area contributed by atoms with Crippen LogP contribution >= 0.6 is 0 Å². The fourth-order valence-electron chi connectivity index (χ4n) is 1.22. The third kappa shape index (κ3) is 0.563. The lowest BCUT2D eigenvalue weighted by molar-refractivity contribution is -0.142. The van der Waals surface area contributed by atoms with Gasteiger partial charge in [0.05, 0.1) is 6.07 Å². The number of nitrogens with zero attached hydrogens (tertiary/aromatic N) is 1. The second-order valence-electron chi connectivity index (χ2n) is 3.38. The summed E-state index contributed by atoms with van der Waals surface area (Å²) in [6, 6.07) is 1.84. The molecule has 1 atom stereocenters. The fourth-order valence-corrected chi connectivity index (χ4v) is 1.22. The van der Waals surface area contributed by atoms with Crippen LogP contribution in [0.3, 0.4) is 0 Å². The minimum atomic E-state index is -1.09. The van der Waals surface area contributed by atoms with E-state index in [2.05, 4.69) is 0 Å². The summed E-state index contributed by atoms with van der Waals surface area (Å²) in [5, 5.41) is 17.1. The Morgan fingerprint density at radius 3 is 2.10 bits per heavy atom. The zero-order valence-corrected chi connectivity index (χ0v) is 6.01. The predicted octanol–water partition coefficient (Wildman–Crippen LogP) is 1.01. The van der Waals surface area contributed by atoms with Crippen LogP contribution in [0.25, 0.3) is 0 Å². The third-order valence-corrected chi connectivity index (χ3v) is 2.29. The van der Waals surface area contributed by atoms with Crippen LogP contribution in [0.15, 0.2) is 0 Å². The van der Waals surface area contributed by atoms with Gasteiger partial charge >= 0.3 is 5.97 Å². The number of carboxylic acid groups (broad SMARTS) is 1. The Morgan fingerprint density at radius 2 is 2.10 bits per heavy atom. The molecule has 3 heteroatoms. The van der Waals surface area contributed by atoms with Crippen LogP contribution in [0.1, 0.15) is 20.3 Å². The largest absolute Gasteiger partial charge is 0.480 e. The highest BCUT2D eigenvalue weighted by atomic mass is 16.4. The van der Waals surface area contributed by atoms with Crippen molar-refractivity contribution < 1.29 is 9.90 Å². The Bertz CT molecular complexity index is 226. The van der Waals surface area contributed by atoms with Gasteiger partial charge in [-0.1, -0.05) is 13.8 Å². The van der Waals surface area contributed by atoms with E-state index in [9.17, 15) is 4.79 Å². The number of carboxylic acids is 1. The summed E-state index contributed by atoms with van der Waals surface area (Å²) in [6.07, 6.45) is 0.478. The van der Waals surface area contributed by atoms with E-state index in [0.717, 1.165) is 0 Å². The van der Waals surface area contributed by atoms with Gasteiger partial charge in [0.15, 0.2) is 5.41 Å². The minimum Gasteiger partial charge on any atom is -0.480 e. The molecule has 0 amide bonds. The first-order valence-corrected chi connectivity index (χ1v) is 3.11. The van der Waals surface area contributed by atoms with Gasteiger partial charge in [-0.2, -0.15) is 5.26 Å². The second kappa shape index (κ2) is 1.51. The van der Waals surface area contributed by atoms with Crippen molar-refractivity contribution in [2.24, 2.45) is 10.8 Å². The molecule has 3 nitrogen and oxygen atoms in total. The second-order valence-corrected chi connectivity index (χ2v) is 3.38. The molecule has 0 aliphatic heterocycles. The van der Waals surface area contributed by atoms with Crippen molar-refractivity contribution in [3.05, 3.63) is 0 Å². The Hall–Kier alpha value is -1.04. The quantitative estimate of drug-likeness (QED) is 0.589. The standard InChI is InChI=1S/C7H9NO2/c1-6(2)3-7(6,4-8)5(9)10/h3H2,1-2H3,(H,9,10)/t7-/m0/s1. The van der Waals surface area contributed by atoms with Crippen LogP contribution in [0.5, 0.6) is 0 Å². The van der Waals surface area contributed by atoms with Gasteiger partial charge in [-0.3, -0.25) is 4.79 Å². The highest BCUT2D eigenvalue weighted by Crippen LogP contribution is 2.63. The predicted molar refractivity (Wildman–Crippen MR) is 34.1 cm³/mol. The van der Waals surface area contributed by atoms with Gasteiger partial charge in [-0.15, -0.1) is 0 Å². The first kappa shape index (κ1) is 7.07. The van der Waals surface area contributed by atoms with Crippen molar-refractivity contribution in [3.63, 3.8) is 0 Å². The molecule has 0 radical (unpaired) electrons. The molecule has 54 valence electrons. The monoisotopic (exact) mass is 139 g/mol. The molecule has 10 heavy (non-hydrogen) atoms. The fraction of sp³-hybridized carbons (Fsp3) is 0.714. The summed E-state index contributed by atoms with van der Waals surface area (Å²) in [7, 11) is 0. The van der Waals surface area contributed by atoms with E-state index in [1.54, 1.807) is 13.8 Å². The third-order valence-electron chi connectivity index (χ3n) is 2.29. The maximum atomic E-state index is 10.5. The molecule has 1 N–H and O–H groups in total. The van der Waals surface area contributed by atoms with Gasteiger partial charge in [-0.25, -0.2) is 0 Å². The number of hydrogen-bond acceptors (Lipinski definition) is 2. The Labute approximate surface area is 59.3 Å². The smallest absolute Gasteiger partial charge is 0.324 e. The van der Waals surface area contributed by atoms with E-state index >= 15 is 0 Å². The van der Waals surface area contributed by atoms with Crippen molar-refractivity contribution in [1.29, 1.82) is 5.26 Å². The van der Waals surface area contributed by atoms with E-state index in [1.807, 2.05) is 6.07 Å². The van der Waals surface area contributed by atoms with Crippen molar-refractivity contribution in [1.82, 2.24) is 0 Å². The van der Waals surface area contributed by atoms with Gasteiger partial charge in [0.2, 0.25) is 0 Å². The molecule has 0 unspecified atom stereocenters. The molecular formula is C7H9NO2. The number of carbonyl (C=O) groups is 1. The van der Waals surface area contributed by atoms with Crippen LogP contribution in [0.2, 0.25) is 0 Å². The van der Waals surface area contributed by atoms with E-state index < -0.39 is 11.4 Å². The summed E-state index contributed by atoms with van der Waals surface area (Å²) in [5.41, 5.74) is -1.42. The van der Waals surface area contributed by atoms with Crippen molar-refractivity contribution in [3.8, 4) is 6.07 Å². The molecule has 0 heterocycles. The first-order valence-electron chi connectivity index (χ1n) is 3.11. The molecule has 1 fully saturated rings. The van der Waals surface area contributed by atoms with Crippen LogP contribution in [0, 0.1) is 22.2 Å². The van der Waals surface area contributed by atoms with Gasteiger partial charge < -0.3 is 5.11 Å². The summed E-state index contributed by atoms with van der Waals surface area (Å²) < 4.78 is 0. The molecule has 0 aromatic heterocycles. The molecule has 1 aliphatic carbocycles. The van der Waals surface area contributed by atoms with Gasteiger partial charge in [0.1, 0.15) is 0 Å². The highest BCUT2D eigenvalue weighted by molar-refractivity contribution is 5.83. The number of rotatable bonds is 1. The van der Waals surface area contributed by atoms with Crippen LogP contribution in [-0.2, 0) is 4.79 Å². The van der Waals surface area contributed by atoms with Gasteiger partial charge in [0, 0.05) is 0 Å². The summed E-state index contributed by atoms with van der Waals surface area (Å²) in [6.45, 7) is 3.59. The molecule has 0 aromatic carbocycles. The lowest BCUT2D eigenvalue weighted by atomic mass is 9.98. The van der Waals surface area contributed by atoms with Crippen LogP contribution in [-0.4, -0.2) is 11.1 Å². The zero-order chi connectivity index (χ0) is 7.99. The maximum Gasteiger partial charge on any atom is 0.324 e. The SMILES string of the molecule is CC1(C)C[C@]1(C#N)C(=O)O. The van der Waals surface area contributed by atoms with E-state index in [1.165, 1.54) is 0 Å². The molecule has 0 saturated heterocycles. The maximum absolute atomic E-state index is 10.5. The average Bonchev–Trinajstić information content (AvgIpc) is 2.35. The Balaban J connectivity index is 2.92. The molecule has 1 aliphatic rings. The summed E-state index contributed by atoms with van der Waals surface area (Å²) in [5.74, 6) is -0.986. The van der Waals surface area contributed by atoms with Crippen LogP contribution < -0.4 is 0 Å². The number of hydrogen-bond donors (Lipinski definition) is 1. The topological polar surface area (TPSA) is 61.1 Å². The zero-order valence-electron chi connectivity index (χ0n) is 6.01. The highest BCUT2D eigenvalue weighted by Gasteiger charge is 2.68. The molecular weight excluding hydrogens is 130 g/mol. The summed E-state index contributed by atoms with van der Waals surface area (Å²) in [4.78, 5) is 10.5. The van der Waals surface area contributed by atoms with E-state index in [0.29, 0.717) is 6.42 Å². The van der Waals surface area contributed by atoms with Crippen molar-refractivity contribution in [2.75, 3.05) is 0 Å². The normalized spacial score (nSPS) is 34.5. The molecule has 0 spiro atoms. The van der Waals surface area contributed by atoms with Gasteiger partial charge in [0.25, 0.3) is 0 Å². The van der Waals surface area contributed by atoms with Crippen LogP contribution in [0.4, 0.5) is 0 Å². The molecule has 0 bridgehead atoms. The lowest BCUT2D eigenvalue weighted by Crippen LogP contribution is -2.18. The van der Waals surface area contributed by atoms with Crippen molar-refractivity contribution in [2.45, 2.75) is 20.3 Å². The molecule has 0 aromatic rings. The van der Waals surface area contributed by atoms with E-state index in [4.69, 9.17) is 10.4 Å². The van der Waals surface area contributed by atoms with E-state index in [-0.39, 0.29) is 5.41 Å². The molecule has 1 rings (SSSR count). The minimum absolute atomic E-state index is 0.326. The summed E-state index contributed by atoms with van der Waals surface area (Å²) >= 11 is 0. The number of nitriles is 1. The Kier molecular flexibility index (Phi) is 1.07. The van der Waals surface area contributed by atoms with Gasteiger partial charge in [-0.05, 0) is 11.8 Å². The Morgan fingerprint density at radius 1 is 1.70 bits per heavy atom. The molecule has 1 saturated carbocycles. The lowest BCUT2D eigenvalue weighted by Gasteiger charge is -2.03. The number of aliphatic carboxylic acids is 1. The first-order chi connectivity index (χ1) is 4.46. The average molecular weight is 139 g/mol. The van der Waals surface area contributed by atoms with Crippen molar-refractivity contribution >= 4 is 5.97 Å².